The van der Waals surface area contributed by atoms with E-state index < -0.39 is 23.4 Å². The molecule has 0 spiro atoms. The van der Waals surface area contributed by atoms with Gasteiger partial charge in [0, 0.05) is 49.9 Å². The number of rotatable bonds is 6. The van der Waals surface area contributed by atoms with Crippen LogP contribution in [0.3, 0.4) is 0 Å². The number of aromatic nitrogens is 2. The Balaban J connectivity index is 1.55. The van der Waals surface area contributed by atoms with Crippen molar-refractivity contribution >= 4 is 30.1 Å². The predicted molar refractivity (Wildman–Crippen MR) is 122 cm³/mol. The van der Waals surface area contributed by atoms with Crippen molar-refractivity contribution < 1.29 is 24.3 Å². The Morgan fingerprint density at radius 1 is 1.06 bits per heavy atom. The molecule has 2 heterocycles. The maximum atomic E-state index is 12.6. The Morgan fingerprint density at radius 2 is 1.68 bits per heavy atom. The lowest BCUT2D eigenvalue weighted by atomic mass is 10.00. The van der Waals surface area contributed by atoms with Crippen molar-refractivity contribution in [2.75, 3.05) is 31.5 Å². The number of anilines is 1. The number of hydrogen-bond acceptors (Lipinski definition) is 6. The Labute approximate surface area is 195 Å². The van der Waals surface area contributed by atoms with E-state index in [1.807, 2.05) is 0 Å². The second kappa shape index (κ2) is 10.1. The molecule has 0 bridgehead atoms. The maximum absolute atomic E-state index is 12.6. The molecular formula is C22H26N6O6. The normalized spacial score (nSPS) is 13.8. The molecule has 4 amide bonds. The summed E-state index contributed by atoms with van der Waals surface area (Å²) >= 11 is 0. The first kappa shape index (κ1) is 24.4. The molecule has 0 atom stereocenters. The number of carbonyl (C=O) groups is 4. The smallest absolute Gasteiger partial charge is 0.405 e. The van der Waals surface area contributed by atoms with E-state index in [4.69, 9.17) is 5.11 Å². The molecule has 0 radical (unpaired) electrons. The molecule has 0 aliphatic carbocycles. The van der Waals surface area contributed by atoms with Crippen molar-refractivity contribution in [1.29, 1.82) is 0 Å². The van der Waals surface area contributed by atoms with Crippen LogP contribution in [0.15, 0.2) is 41.3 Å². The summed E-state index contributed by atoms with van der Waals surface area (Å²) in [6.45, 7) is 4.44. The molecule has 1 aromatic carbocycles. The molecule has 1 aliphatic heterocycles. The van der Waals surface area contributed by atoms with Crippen molar-refractivity contribution in [1.82, 2.24) is 24.7 Å². The first-order valence-electron chi connectivity index (χ1n) is 10.6. The fraction of sp³-hybridized carbons (Fsp3) is 0.364. The molecule has 1 aromatic heterocycles. The van der Waals surface area contributed by atoms with E-state index in [-0.39, 0.29) is 31.2 Å². The average molecular weight is 470 g/mol. The van der Waals surface area contributed by atoms with Crippen molar-refractivity contribution in [2.45, 2.75) is 25.8 Å². The minimum absolute atomic E-state index is 0.00355. The lowest BCUT2D eigenvalue weighted by molar-refractivity contribution is -0.133. The van der Waals surface area contributed by atoms with Crippen molar-refractivity contribution in [3.63, 3.8) is 0 Å². The van der Waals surface area contributed by atoms with Gasteiger partial charge in [-0.3, -0.25) is 19.5 Å². The molecule has 1 aliphatic rings. The molecule has 3 rings (SSSR count). The number of piperazine rings is 1. The van der Waals surface area contributed by atoms with Gasteiger partial charge in [-0.2, -0.15) is 4.98 Å². The first-order chi connectivity index (χ1) is 16.1. The number of carboxylic acid groups (broad SMARTS) is 1. The highest BCUT2D eigenvalue weighted by atomic mass is 16.4. The van der Waals surface area contributed by atoms with Gasteiger partial charge in [0.25, 0.3) is 0 Å². The largest absolute Gasteiger partial charge is 0.465 e. The van der Waals surface area contributed by atoms with E-state index in [1.165, 1.54) is 21.7 Å². The molecule has 3 N–H and O–H groups in total. The first-order valence-corrected chi connectivity index (χ1v) is 10.6. The van der Waals surface area contributed by atoms with Gasteiger partial charge < -0.3 is 20.2 Å². The summed E-state index contributed by atoms with van der Waals surface area (Å²) < 4.78 is 1.29. The number of urea groups is 1. The van der Waals surface area contributed by atoms with Gasteiger partial charge in [-0.15, -0.1) is 0 Å². The molecule has 1 fully saturated rings. The number of carbonyl (C=O) groups excluding carboxylic acids is 3. The van der Waals surface area contributed by atoms with Gasteiger partial charge in [0.2, 0.25) is 5.91 Å². The highest BCUT2D eigenvalue weighted by Crippen LogP contribution is 2.14. The van der Waals surface area contributed by atoms with Gasteiger partial charge in [0.1, 0.15) is 12.1 Å². The number of nitrogens with one attached hydrogen (secondary N) is 2. The number of nitrogens with zero attached hydrogens (tertiary/aromatic N) is 4. The van der Waals surface area contributed by atoms with Crippen molar-refractivity contribution in [3.8, 4) is 5.69 Å². The third kappa shape index (κ3) is 6.18. The van der Waals surface area contributed by atoms with Gasteiger partial charge in [0.15, 0.2) is 0 Å². The Morgan fingerprint density at radius 3 is 2.24 bits per heavy atom. The predicted octanol–water partition coefficient (Wildman–Crippen LogP) is 1.16. The van der Waals surface area contributed by atoms with E-state index >= 15 is 0 Å². The van der Waals surface area contributed by atoms with E-state index in [0.29, 0.717) is 30.6 Å². The van der Waals surface area contributed by atoms with Crippen LogP contribution in [-0.4, -0.2) is 80.5 Å². The molecule has 34 heavy (non-hydrogen) atoms. The fourth-order valence-corrected chi connectivity index (χ4v) is 3.55. The van der Waals surface area contributed by atoms with Crippen LogP contribution in [0.4, 0.5) is 15.4 Å². The Hall–Kier alpha value is -4.22. The minimum Gasteiger partial charge on any atom is -0.465 e. The van der Waals surface area contributed by atoms with Gasteiger partial charge in [0.05, 0.1) is 5.69 Å². The fourth-order valence-electron chi connectivity index (χ4n) is 3.55. The average Bonchev–Trinajstić information content (AvgIpc) is 2.78. The van der Waals surface area contributed by atoms with Gasteiger partial charge >= 0.3 is 17.8 Å². The zero-order valence-corrected chi connectivity index (χ0v) is 18.9. The second-order valence-electron chi connectivity index (χ2n) is 8.46. The van der Waals surface area contributed by atoms with Gasteiger partial charge in [-0.25, -0.2) is 14.4 Å². The summed E-state index contributed by atoms with van der Waals surface area (Å²) in [6, 6.07) is 7.44. The summed E-state index contributed by atoms with van der Waals surface area (Å²) in [4.78, 5) is 66.1. The van der Waals surface area contributed by atoms with Crippen LogP contribution < -0.4 is 16.3 Å². The molecule has 12 heteroatoms. The van der Waals surface area contributed by atoms with Crippen LogP contribution in [0.25, 0.3) is 5.69 Å². The zero-order valence-electron chi connectivity index (χ0n) is 18.9. The lowest BCUT2D eigenvalue weighted by Gasteiger charge is -2.36. The summed E-state index contributed by atoms with van der Waals surface area (Å²) in [5.41, 5.74) is -0.482. The van der Waals surface area contributed by atoms with Crippen LogP contribution >= 0.6 is 0 Å². The monoisotopic (exact) mass is 470 g/mol. The van der Waals surface area contributed by atoms with Crippen LogP contribution in [0.1, 0.15) is 30.6 Å². The summed E-state index contributed by atoms with van der Waals surface area (Å²) in [7, 11) is 0. The number of hydrogen-bond donors (Lipinski definition) is 3. The molecular weight excluding hydrogens is 444 g/mol. The van der Waals surface area contributed by atoms with Crippen LogP contribution in [0.5, 0.6) is 0 Å². The molecule has 180 valence electrons. The van der Waals surface area contributed by atoms with E-state index in [0.717, 1.165) is 0 Å². The highest BCUT2D eigenvalue weighted by molar-refractivity contribution is 5.88. The number of benzene rings is 1. The standard InChI is InChI=1S/C22H26N6O6/c1-22(2,25-21(33)34)13-18(30)26-9-11-27(12-10-26)19(31)23-17-7-8-28(20(32)24-17)16-5-3-15(14-29)4-6-16/h3-8,14,25H,9-13H2,1-2H3,(H,33,34)(H,23,24,31,32). The lowest BCUT2D eigenvalue weighted by Crippen LogP contribution is -2.54. The number of aldehydes is 1. The summed E-state index contributed by atoms with van der Waals surface area (Å²) in [5, 5.41) is 13.8. The molecule has 12 nitrogen and oxygen atoms in total. The van der Waals surface area contributed by atoms with Crippen LogP contribution in [0, 0.1) is 0 Å². The Bertz CT molecular complexity index is 1140. The van der Waals surface area contributed by atoms with E-state index in [9.17, 15) is 24.0 Å². The van der Waals surface area contributed by atoms with Crippen molar-refractivity contribution in [3.05, 3.63) is 52.6 Å². The summed E-state index contributed by atoms with van der Waals surface area (Å²) in [5.74, 6) is -0.110. The van der Waals surface area contributed by atoms with E-state index in [2.05, 4.69) is 15.6 Å². The minimum atomic E-state index is -1.20. The Kier molecular flexibility index (Phi) is 7.29. The topological polar surface area (TPSA) is 154 Å². The second-order valence-corrected chi connectivity index (χ2v) is 8.46. The third-order valence-electron chi connectivity index (χ3n) is 5.30. The van der Waals surface area contributed by atoms with Gasteiger partial charge in [-0.05, 0) is 44.2 Å². The van der Waals surface area contributed by atoms with E-state index in [1.54, 1.807) is 43.0 Å². The SMILES string of the molecule is CC(C)(CC(=O)N1CCN(C(=O)Nc2ccn(-c3ccc(C=O)cc3)c(=O)n2)CC1)NC(=O)O. The molecule has 2 aromatic rings. The molecule has 0 unspecified atom stereocenters. The van der Waals surface area contributed by atoms with Gasteiger partial charge in [-0.1, -0.05) is 0 Å². The van der Waals surface area contributed by atoms with Crippen LogP contribution in [-0.2, 0) is 4.79 Å². The quantitative estimate of drug-likeness (QED) is 0.535. The maximum Gasteiger partial charge on any atom is 0.405 e. The third-order valence-corrected chi connectivity index (χ3v) is 5.30. The zero-order chi connectivity index (χ0) is 24.9. The van der Waals surface area contributed by atoms with Crippen molar-refractivity contribution in [2.24, 2.45) is 0 Å². The molecule has 0 saturated carbocycles. The van der Waals surface area contributed by atoms with Crippen LogP contribution in [0.2, 0.25) is 0 Å². The molecule has 1 saturated heterocycles. The number of amides is 4. The summed E-state index contributed by atoms with van der Waals surface area (Å²) in [6.07, 6.45) is 0.987. The highest BCUT2D eigenvalue weighted by Gasteiger charge is 2.29.